The Labute approximate surface area is 156 Å². The molecular weight excluding hydrogens is 349 g/mol. The highest BCUT2D eigenvalue weighted by molar-refractivity contribution is 6.04. The molecule has 0 unspecified atom stereocenters. The highest BCUT2D eigenvalue weighted by atomic mass is 19.1. The molecule has 7 heteroatoms. The summed E-state index contributed by atoms with van der Waals surface area (Å²) < 4.78 is 23.5. The van der Waals surface area contributed by atoms with Gasteiger partial charge in [-0.25, -0.2) is 9.37 Å². The summed E-state index contributed by atoms with van der Waals surface area (Å²) in [4.78, 5) is 16.4. The molecule has 138 valence electrons. The monoisotopic (exact) mass is 367 g/mol. The fourth-order valence-corrected chi connectivity index (χ4v) is 2.40. The fourth-order valence-electron chi connectivity index (χ4n) is 2.40. The minimum absolute atomic E-state index is 0.341. The van der Waals surface area contributed by atoms with E-state index in [1.165, 1.54) is 30.5 Å². The average Bonchev–Trinajstić information content (AvgIpc) is 2.70. The molecule has 3 aromatic rings. The zero-order chi connectivity index (χ0) is 19.2. The van der Waals surface area contributed by atoms with Crippen molar-refractivity contribution in [3.05, 3.63) is 72.2 Å². The number of carbonyl (C=O) groups is 1. The number of nitrogens with one attached hydrogen (secondary N) is 2. The van der Waals surface area contributed by atoms with Crippen molar-refractivity contribution < 1.29 is 18.7 Å². The van der Waals surface area contributed by atoms with Crippen LogP contribution in [-0.4, -0.2) is 25.1 Å². The van der Waals surface area contributed by atoms with Gasteiger partial charge in [0.15, 0.2) is 0 Å². The van der Waals surface area contributed by atoms with Crippen molar-refractivity contribution >= 4 is 23.1 Å². The normalized spacial score (nSPS) is 10.2. The van der Waals surface area contributed by atoms with E-state index in [9.17, 15) is 9.18 Å². The van der Waals surface area contributed by atoms with Gasteiger partial charge in [-0.3, -0.25) is 4.79 Å². The highest BCUT2D eigenvalue weighted by Gasteiger charge is 2.08. The molecule has 1 heterocycles. The van der Waals surface area contributed by atoms with Gasteiger partial charge < -0.3 is 20.1 Å². The van der Waals surface area contributed by atoms with E-state index in [1.54, 1.807) is 44.6 Å². The van der Waals surface area contributed by atoms with Gasteiger partial charge in [-0.2, -0.15) is 0 Å². The molecule has 0 aliphatic rings. The summed E-state index contributed by atoms with van der Waals surface area (Å²) in [5.41, 5.74) is 1.58. The molecule has 0 bridgehead atoms. The second-order valence-electron chi connectivity index (χ2n) is 5.58. The largest absolute Gasteiger partial charge is 0.497 e. The van der Waals surface area contributed by atoms with Gasteiger partial charge in [0.25, 0.3) is 5.91 Å². The Hall–Kier alpha value is -3.61. The number of benzene rings is 2. The molecule has 0 saturated carbocycles. The minimum atomic E-state index is -0.392. The average molecular weight is 367 g/mol. The zero-order valence-electron chi connectivity index (χ0n) is 14.8. The smallest absolute Gasteiger partial charge is 0.255 e. The number of rotatable bonds is 6. The van der Waals surface area contributed by atoms with Gasteiger partial charge in [-0.05, 0) is 48.5 Å². The molecule has 0 radical (unpaired) electrons. The first kappa shape index (κ1) is 18.2. The molecule has 1 aromatic heterocycles. The standard InChI is InChI=1S/C20H18FN3O3/c1-26-16-8-9-18(27-2)17(11-16)24-19-10-7-15(12-22-19)23-20(25)13-3-5-14(21)6-4-13/h3-12H,1-2H3,(H,22,24)(H,23,25). The lowest BCUT2D eigenvalue weighted by molar-refractivity contribution is 0.102. The molecule has 1 amide bonds. The Morgan fingerprint density at radius 3 is 2.41 bits per heavy atom. The van der Waals surface area contributed by atoms with Crippen LogP contribution in [-0.2, 0) is 0 Å². The SMILES string of the molecule is COc1ccc(OC)c(Nc2ccc(NC(=O)c3ccc(F)cc3)cn2)c1. The Bertz CT molecular complexity index is 928. The number of hydrogen-bond acceptors (Lipinski definition) is 5. The van der Waals surface area contributed by atoms with Gasteiger partial charge >= 0.3 is 0 Å². The van der Waals surface area contributed by atoms with E-state index in [-0.39, 0.29) is 5.91 Å². The van der Waals surface area contributed by atoms with E-state index in [0.29, 0.717) is 34.3 Å². The number of anilines is 3. The van der Waals surface area contributed by atoms with Crippen molar-refractivity contribution in [2.24, 2.45) is 0 Å². The number of hydrogen-bond donors (Lipinski definition) is 2. The van der Waals surface area contributed by atoms with Crippen LogP contribution in [0.4, 0.5) is 21.6 Å². The summed E-state index contributed by atoms with van der Waals surface area (Å²) in [5, 5.41) is 5.86. The van der Waals surface area contributed by atoms with E-state index in [2.05, 4.69) is 15.6 Å². The Balaban J connectivity index is 1.70. The first-order valence-corrected chi connectivity index (χ1v) is 8.11. The van der Waals surface area contributed by atoms with E-state index < -0.39 is 5.82 Å². The highest BCUT2D eigenvalue weighted by Crippen LogP contribution is 2.31. The van der Waals surface area contributed by atoms with Crippen molar-refractivity contribution in [1.29, 1.82) is 0 Å². The first-order chi connectivity index (χ1) is 13.1. The molecule has 6 nitrogen and oxygen atoms in total. The van der Waals surface area contributed by atoms with Crippen LogP contribution in [0.1, 0.15) is 10.4 Å². The second-order valence-corrected chi connectivity index (χ2v) is 5.58. The van der Waals surface area contributed by atoms with E-state index in [0.717, 1.165) is 0 Å². The van der Waals surface area contributed by atoms with Gasteiger partial charge in [0.2, 0.25) is 0 Å². The molecule has 3 rings (SSSR count). The van der Waals surface area contributed by atoms with E-state index in [4.69, 9.17) is 9.47 Å². The van der Waals surface area contributed by atoms with Crippen LogP contribution in [0, 0.1) is 5.82 Å². The number of methoxy groups -OCH3 is 2. The topological polar surface area (TPSA) is 72.5 Å². The maximum absolute atomic E-state index is 12.9. The summed E-state index contributed by atoms with van der Waals surface area (Å²) in [5.74, 6) is 1.16. The maximum Gasteiger partial charge on any atom is 0.255 e. The van der Waals surface area contributed by atoms with Crippen LogP contribution >= 0.6 is 0 Å². The van der Waals surface area contributed by atoms with E-state index >= 15 is 0 Å². The second kappa shape index (κ2) is 8.18. The van der Waals surface area contributed by atoms with Crippen LogP contribution in [0.2, 0.25) is 0 Å². The summed E-state index contributed by atoms with van der Waals surface area (Å²) in [6.45, 7) is 0. The number of amides is 1. The molecule has 27 heavy (non-hydrogen) atoms. The van der Waals surface area contributed by atoms with Gasteiger partial charge in [-0.15, -0.1) is 0 Å². The molecule has 2 aromatic carbocycles. The Morgan fingerprint density at radius 1 is 1.00 bits per heavy atom. The predicted octanol–water partition coefficient (Wildman–Crippen LogP) is 4.23. The van der Waals surface area contributed by atoms with Crippen molar-refractivity contribution in [2.75, 3.05) is 24.9 Å². The minimum Gasteiger partial charge on any atom is -0.497 e. The quantitative estimate of drug-likeness (QED) is 0.682. The van der Waals surface area contributed by atoms with Crippen molar-refractivity contribution in [3.8, 4) is 11.5 Å². The molecule has 0 fully saturated rings. The van der Waals surface area contributed by atoms with Crippen LogP contribution in [0.3, 0.4) is 0 Å². The fraction of sp³-hybridized carbons (Fsp3) is 0.100. The van der Waals surface area contributed by atoms with Crippen LogP contribution in [0.5, 0.6) is 11.5 Å². The number of nitrogens with zero attached hydrogens (tertiary/aromatic N) is 1. The lowest BCUT2D eigenvalue weighted by Crippen LogP contribution is -2.12. The first-order valence-electron chi connectivity index (χ1n) is 8.11. The molecule has 0 aliphatic carbocycles. The van der Waals surface area contributed by atoms with Crippen molar-refractivity contribution in [1.82, 2.24) is 4.98 Å². The predicted molar refractivity (Wildman–Crippen MR) is 101 cm³/mol. The number of halogens is 1. The third kappa shape index (κ3) is 4.52. The Kier molecular flexibility index (Phi) is 5.51. The van der Waals surface area contributed by atoms with Crippen LogP contribution in [0.15, 0.2) is 60.8 Å². The summed E-state index contributed by atoms with van der Waals surface area (Å²) in [7, 11) is 3.16. The van der Waals surface area contributed by atoms with Gasteiger partial charge in [0, 0.05) is 11.6 Å². The molecular formula is C20H18FN3O3. The summed E-state index contributed by atoms with van der Waals surface area (Å²) >= 11 is 0. The summed E-state index contributed by atoms with van der Waals surface area (Å²) in [6.07, 6.45) is 1.52. The molecule has 0 atom stereocenters. The molecule has 0 aliphatic heterocycles. The van der Waals surface area contributed by atoms with Gasteiger partial charge in [-0.1, -0.05) is 0 Å². The Morgan fingerprint density at radius 2 is 1.78 bits per heavy atom. The third-order valence-electron chi connectivity index (χ3n) is 3.80. The van der Waals surface area contributed by atoms with Crippen LogP contribution < -0.4 is 20.1 Å². The lowest BCUT2D eigenvalue weighted by atomic mass is 10.2. The number of carbonyl (C=O) groups excluding carboxylic acids is 1. The summed E-state index contributed by atoms with van der Waals surface area (Å²) in [6, 6.07) is 14.1. The number of ether oxygens (including phenoxy) is 2. The molecule has 2 N–H and O–H groups in total. The molecule has 0 spiro atoms. The maximum atomic E-state index is 12.9. The third-order valence-corrected chi connectivity index (χ3v) is 3.80. The van der Waals surface area contributed by atoms with Crippen LogP contribution in [0.25, 0.3) is 0 Å². The van der Waals surface area contributed by atoms with Crippen molar-refractivity contribution in [3.63, 3.8) is 0 Å². The molecule has 0 saturated heterocycles. The number of aromatic nitrogens is 1. The lowest BCUT2D eigenvalue weighted by Gasteiger charge is -2.12. The van der Waals surface area contributed by atoms with Gasteiger partial charge in [0.1, 0.15) is 23.1 Å². The van der Waals surface area contributed by atoms with Gasteiger partial charge in [0.05, 0.1) is 31.8 Å². The number of pyridine rings is 1. The van der Waals surface area contributed by atoms with Crippen molar-refractivity contribution in [2.45, 2.75) is 0 Å². The zero-order valence-corrected chi connectivity index (χ0v) is 14.8. The van der Waals surface area contributed by atoms with E-state index in [1.807, 2.05) is 0 Å².